The number of para-hydroxylation sites is 1. The van der Waals surface area contributed by atoms with Crippen LogP contribution in [-0.2, 0) is 11.0 Å². The number of nitrogens with zero attached hydrogens (tertiary/aromatic N) is 2. The van der Waals surface area contributed by atoms with Crippen molar-refractivity contribution in [2.75, 3.05) is 18.0 Å². The minimum Gasteiger partial charge on any atom is -0.371 e. The second kappa shape index (κ2) is 9.96. The average Bonchev–Trinajstić information content (AvgIpc) is 2.76. The van der Waals surface area contributed by atoms with E-state index in [4.69, 9.17) is 5.21 Å². The smallest absolute Gasteiger partial charge is 0.371 e. The molecule has 30 heavy (non-hydrogen) atoms. The molecule has 0 bridgehead atoms. The van der Waals surface area contributed by atoms with Gasteiger partial charge < -0.3 is 4.90 Å². The van der Waals surface area contributed by atoms with Gasteiger partial charge in [0.15, 0.2) is 0 Å². The lowest BCUT2D eigenvalue weighted by atomic mass is 10.0. The maximum absolute atomic E-state index is 12.6. The molecule has 1 aromatic heterocycles. The van der Waals surface area contributed by atoms with Crippen molar-refractivity contribution < 1.29 is 23.2 Å². The molecule has 1 aliphatic rings. The number of benzene rings is 1. The Labute approximate surface area is 176 Å². The van der Waals surface area contributed by atoms with Gasteiger partial charge in [0.2, 0.25) is 0 Å². The molecule has 1 amide bonds. The number of anilines is 1. The number of amides is 1. The summed E-state index contributed by atoms with van der Waals surface area (Å²) in [6, 6.07) is 10.3. The van der Waals surface area contributed by atoms with Crippen molar-refractivity contribution >= 4 is 29.6 Å². The summed E-state index contributed by atoms with van der Waals surface area (Å²) < 4.78 is 41.1. The van der Waals surface area contributed by atoms with Crippen LogP contribution in [0, 0.1) is 0 Å². The molecule has 1 saturated heterocycles. The Morgan fingerprint density at radius 3 is 2.57 bits per heavy atom. The van der Waals surface area contributed by atoms with Gasteiger partial charge in [0, 0.05) is 42.0 Å². The van der Waals surface area contributed by atoms with E-state index in [1.54, 1.807) is 11.6 Å². The molecule has 6 nitrogen and oxygen atoms in total. The molecule has 0 atom stereocenters. The van der Waals surface area contributed by atoms with E-state index in [1.807, 2.05) is 24.3 Å². The minimum atomic E-state index is -4.43. The van der Waals surface area contributed by atoms with Crippen molar-refractivity contribution in [2.45, 2.75) is 30.0 Å². The Morgan fingerprint density at radius 1 is 1.20 bits per heavy atom. The summed E-state index contributed by atoms with van der Waals surface area (Å²) in [6.07, 6.45) is 1.42. The fourth-order valence-electron chi connectivity index (χ4n) is 3.12. The third kappa shape index (κ3) is 5.97. The van der Waals surface area contributed by atoms with Crippen LogP contribution in [0.4, 0.5) is 18.9 Å². The SMILES string of the molecule is O=C(/C=C/c1ccccc1N1CCC(NSc2ccc(C(F)(F)F)nc2)CC1)NO. The Balaban J connectivity index is 1.53. The van der Waals surface area contributed by atoms with Crippen molar-refractivity contribution in [2.24, 2.45) is 0 Å². The summed E-state index contributed by atoms with van der Waals surface area (Å²) in [4.78, 5) is 17.6. The van der Waals surface area contributed by atoms with Crippen LogP contribution in [0.1, 0.15) is 24.1 Å². The highest BCUT2D eigenvalue weighted by molar-refractivity contribution is 7.97. The van der Waals surface area contributed by atoms with E-state index in [9.17, 15) is 18.0 Å². The molecular weight excluding hydrogens is 417 g/mol. The van der Waals surface area contributed by atoms with Crippen molar-refractivity contribution in [1.29, 1.82) is 0 Å². The molecule has 1 aliphatic heterocycles. The van der Waals surface area contributed by atoms with Crippen LogP contribution in [0.5, 0.6) is 0 Å². The second-order valence-electron chi connectivity index (χ2n) is 6.73. The van der Waals surface area contributed by atoms with Gasteiger partial charge >= 0.3 is 6.18 Å². The molecule has 0 spiro atoms. The number of hydrogen-bond donors (Lipinski definition) is 3. The molecule has 0 radical (unpaired) electrons. The van der Waals surface area contributed by atoms with Gasteiger partial charge in [-0.2, -0.15) is 13.2 Å². The lowest BCUT2D eigenvalue weighted by Crippen LogP contribution is -2.40. The van der Waals surface area contributed by atoms with Gasteiger partial charge in [0.1, 0.15) is 5.69 Å². The second-order valence-corrected chi connectivity index (χ2v) is 7.64. The summed E-state index contributed by atoms with van der Waals surface area (Å²) in [7, 11) is 0. The van der Waals surface area contributed by atoms with Gasteiger partial charge in [-0.05, 0) is 54.6 Å². The standard InChI is InChI=1S/C20H21F3N4O2S/c21-20(22,23)18-7-6-16(13-24-18)30-26-15-9-11-27(12-10-15)17-4-2-1-3-14(17)5-8-19(28)25-29/h1-8,13,15,26,29H,9-12H2,(H,25,28)/b8-5+. The molecule has 2 heterocycles. The van der Waals surface area contributed by atoms with E-state index in [0.717, 1.165) is 43.2 Å². The summed E-state index contributed by atoms with van der Waals surface area (Å²) in [6.45, 7) is 1.58. The highest BCUT2D eigenvalue weighted by atomic mass is 32.2. The van der Waals surface area contributed by atoms with Crippen molar-refractivity contribution in [3.05, 3.63) is 59.9 Å². The van der Waals surface area contributed by atoms with Crippen LogP contribution in [0.2, 0.25) is 0 Å². The number of carbonyl (C=O) groups excluding carboxylic acids is 1. The van der Waals surface area contributed by atoms with Crippen LogP contribution in [-0.4, -0.2) is 35.2 Å². The zero-order valence-corrected chi connectivity index (χ0v) is 16.7. The number of alkyl halides is 3. The number of hydroxylamine groups is 1. The summed E-state index contributed by atoms with van der Waals surface area (Å²) in [5, 5.41) is 8.62. The highest BCUT2D eigenvalue weighted by Crippen LogP contribution is 2.29. The van der Waals surface area contributed by atoms with Gasteiger partial charge in [-0.1, -0.05) is 18.2 Å². The van der Waals surface area contributed by atoms with E-state index in [2.05, 4.69) is 14.6 Å². The molecule has 3 N–H and O–H groups in total. The van der Waals surface area contributed by atoms with Crippen LogP contribution < -0.4 is 15.1 Å². The molecular formula is C20H21F3N4O2S. The fraction of sp³-hybridized carbons (Fsp3) is 0.300. The first kappa shape index (κ1) is 22.1. The molecule has 160 valence electrons. The molecule has 0 saturated carbocycles. The average molecular weight is 438 g/mol. The normalized spacial score (nSPS) is 15.5. The first-order chi connectivity index (χ1) is 14.4. The quantitative estimate of drug-likeness (QED) is 0.275. The molecule has 3 rings (SSSR count). The van der Waals surface area contributed by atoms with Crippen LogP contribution in [0.25, 0.3) is 6.08 Å². The van der Waals surface area contributed by atoms with Gasteiger partial charge in [-0.15, -0.1) is 0 Å². The molecule has 1 aromatic carbocycles. The lowest BCUT2D eigenvalue weighted by molar-refractivity contribution is -0.141. The van der Waals surface area contributed by atoms with Crippen molar-refractivity contribution in [3.63, 3.8) is 0 Å². The third-order valence-corrected chi connectivity index (χ3v) is 5.60. The number of halogens is 3. The predicted molar refractivity (Wildman–Crippen MR) is 109 cm³/mol. The Hall–Kier alpha value is -2.56. The third-order valence-electron chi connectivity index (χ3n) is 4.67. The Kier molecular flexibility index (Phi) is 7.35. The van der Waals surface area contributed by atoms with E-state index < -0.39 is 17.8 Å². The number of aromatic nitrogens is 1. The maximum atomic E-state index is 12.6. The maximum Gasteiger partial charge on any atom is 0.433 e. The zero-order chi connectivity index (χ0) is 21.6. The number of piperidine rings is 1. The molecule has 10 heteroatoms. The summed E-state index contributed by atoms with van der Waals surface area (Å²) in [5.74, 6) is -0.595. The van der Waals surface area contributed by atoms with Gasteiger partial charge in [-0.3, -0.25) is 19.7 Å². The zero-order valence-electron chi connectivity index (χ0n) is 15.9. The number of carbonyl (C=O) groups is 1. The van der Waals surface area contributed by atoms with Crippen LogP contribution in [0.3, 0.4) is 0 Å². The Bertz CT molecular complexity index is 882. The van der Waals surface area contributed by atoms with Crippen LogP contribution >= 0.6 is 11.9 Å². The monoisotopic (exact) mass is 438 g/mol. The number of pyridine rings is 1. The fourth-order valence-corrected chi connectivity index (χ4v) is 3.90. The van der Waals surface area contributed by atoms with Gasteiger partial charge in [-0.25, -0.2) is 5.48 Å². The van der Waals surface area contributed by atoms with E-state index in [-0.39, 0.29) is 6.04 Å². The lowest BCUT2D eigenvalue weighted by Gasteiger charge is -2.34. The van der Waals surface area contributed by atoms with Crippen molar-refractivity contribution in [3.8, 4) is 0 Å². The van der Waals surface area contributed by atoms with Gasteiger partial charge in [0.05, 0.1) is 0 Å². The Morgan fingerprint density at radius 2 is 1.93 bits per heavy atom. The minimum absolute atomic E-state index is 0.219. The van der Waals surface area contributed by atoms with Gasteiger partial charge in [0.25, 0.3) is 5.91 Å². The van der Waals surface area contributed by atoms with E-state index in [0.29, 0.717) is 4.90 Å². The largest absolute Gasteiger partial charge is 0.433 e. The van der Waals surface area contributed by atoms with E-state index >= 15 is 0 Å². The number of nitrogens with one attached hydrogen (secondary N) is 2. The number of hydrogen-bond acceptors (Lipinski definition) is 6. The molecule has 1 fully saturated rings. The van der Waals surface area contributed by atoms with E-state index in [1.165, 1.54) is 30.3 Å². The molecule has 0 unspecified atom stereocenters. The highest BCUT2D eigenvalue weighted by Gasteiger charge is 2.32. The van der Waals surface area contributed by atoms with Crippen LogP contribution in [0.15, 0.2) is 53.6 Å². The predicted octanol–water partition coefficient (Wildman–Crippen LogP) is 3.88. The number of rotatable bonds is 6. The summed E-state index contributed by atoms with van der Waals surface area (Å²) >= 11 is 1.28. The topological polar surface area (TPSA) is 77.5 Å². The molecule has 0 aliphatic carbocycles. The van der Waals surface area contributed by atoms with Crippen molar-refractivity contribution in [1.82, 2.24) is 15.2 Å². The summed E-state index contributed by atoms with van der Waals surface area (Å²) in [5.41, 5.74) is 2.54. The molecule has 2 aromatic rings. The first-order valence-electron chi connectivity index (χ1n) is 9.28. The first-order valence-corrected chi connectivity index (χ1v) is 10.1.